The highest BCUT2D eigenvalue weighted by atomic mass is 14.1. The quantitative estimate of drug-likeness (QED) is 0.646. The summed E-state index contributed by atoms with van der Waals surface area (Å²) in [6.07, 6.45) is 3.65. The number of hydrogen-bond acceptors (Lipinski definition) is 0. The van der Waals surface area contributed by atoms with Crippen LogP contribution in [0.3, 0.4) is 0 Å². The van der Waals surface area contributed by atoms with Crippen LogP contribution in [0.15, 0.2) is 24.3 Å². The van der Waals surface area contributed by atoms with Crippen molar-refractivity contribution in [1.82, 2.24) is 0 Å². The van der Waals surface area contributed by atoms with Crippen molar-refractivity contribution >= 4 is 0 Å². The average molecular weight is 176 g/mol. The van der Waals surface area contributed by atoms with E-state index >= 15 is 0 Å². The summed E-state index contributed by atoms with van der Waals surface area (Å²) in [5.41, 5.74) is 2.94. The molecule has 0 atom stereocenters. The SMILES string of the molecule is CCc1ccc(C(CC)CC)cc1. The summed E-state index contributed by atoms with van der Waals surface area (Å²) in [5.74, 6) is 0.755. The summed E-state index contributed by atoms with van der Waals surface area (Å²) >= 11 is 0. The van der Waals surface area contributed by atoms with Gasteiger partial charge in [0.25, 0.3) is 0 Å². The first-order valence-electron chi connectivity index (χ1n) is 5.40. The van der Waals surface area contributed by atoms with Crippen molar-refractivity contribution in [2.24, 2.45) is 0 Å². The highest BCUT2D eigenvalue weighted by Crippen LogP contribution is 2.22. The zero-order valence-corrected chi connectivity index (χ0v) is 9.01. The van der Waals surface area contributed by atoms with Gasteiger partial charge in [0.15, 0.2) is 0 Å². The molecular formula is C13H20. The van der Waals surface area contributed by atoms with E-state index in [9.17, 15) is 0 Å². The molecule has 0 radical (unpaired) electrons. The monoisotopic (exact) mass is 176 g/mol. The summed E-state index contributed by atoms with van der Waals surface area (Å²) in [6.45, 7) is 6.73. The molecule has 0 heterocycles. The van der Waals surface area contributed by atoms with Crippen LogP contribution >= 0.6 is 0 Å². The summed E-state index contributed by atoms with van der Waals surface area (Å²) in [5, 5.41) is 0. The Hall–Kier alpha value is -0.780. The van der Waals surface area contributed by atoms with Crippen molar-refractivity contribution in [3.05, 3.63) is 35.4 Å². The Morgan fingerprint density at radius 2 is 1.46 bits per heavy atom. The molecule has 0 aromatic heterocycles. The minimum Gasteiger partial charge on any atom is -0.0648 e. The number of rotatable bonds is 4. The van der Waals surface area contributed by atoms with Crippen LogP contribution in [0.4, 0.5) is 0 Å². The molecular weight excluding hydrogens is 156 g/mol. The second-order valence-electron chi connectivity index (χ2n) is 3.61. The van der Waals surface area contributed by atoms with E-state index in [0.29, 0.717) is 0 Å². The van der Waals surface area contributed by atoms with E-state index in [1.54, 1.807) is 0 Å². The van der Waals surface area contributed by atoms with Gasteiger partial charge in [0, 0.05) is 0 Å². The normalized spacial score (nSPS) is 10.8. The maximum Gasteiger partial charge on any atom is -0.0167 e. The smallest absolute Gasteiger partial charge is 0.0167 e. The summed E-state index contributed by atoms with van der Waals surface area (Å²) in [6, 6.07) is 9.09. The maximum atomic E-state index is 2.29. The van der Waals surface area contributed by atoms with E-state index in [4.69, 9.17) is 0 Å². The highest BCUT2D eigenvalue weighted by Gasteiger charge is 2.05. The van der Waals surface area contributed by atoms with Crippen LogP contribution in [0.1, 0.15) is 50.7 Å². The Morgan fingerprint density at radius 1 is 0.923 bits per heavy atom. The molecule has 0 heteroatoms. The van der Waals surface area contributed by atoms with E-state index in [1.165, 1.54) is 24.0 Å². The molecule has 0 fully saturated rings. The number of aryl methyl sites for hydroxylation is 1. The van der Waals surface area contributed by atoms with Gasteiger partial charge in [0.2, 0.25) is 0 Å². The fourth-order valence-corrected chi connectivity index (χ4v) is 1.79. The first-order valence-corrected chi connectivity index (χ1v) is 5.40. The van der Waals surface area contributed by atoms with Gasteiger partial charge in [-0.15, -0.1) is 0 Å². The molecule has 1 aromatic rings. The van der Waals surface area contributed by atoms with Gasteiger partial charge in [0.05, 0.1) is 0 Å². The van der Waals surface area contributed by atoms with E-state index < -0.39 is 0 Å². The van der Waals surface area contributed by atoms with Gasteiger partial charge < -0.3 is 0 Å². The first kappa shape index (κ1) is 10.3. The van der Waals surface area contributed by atoms with Gasteiger partial charge in [-0.3, -0.25) is 0 Å². The lowest BCUT2D eigenvalue weighted by molar-refractivity contribution is 0.641. The largest absolute Gasteiger partial charge is 0.0648 e. The zero-order valence-electron chi connectivity index (χ0n) is 9.01. The topological polar surface area (TPSA) is 0 Å². The highest BCUT2D eigenvalue weighted by molar-refractivity contribution is 5.25. The molecule has 0 N–H and O–H groups in total. The van der Waals surface area contributed by atoms with E-state index in [1.807, 2.05) is 0 Å². The first-order chi connectivity index (χ1) is 6.31. The second-order valence-corrected chi connectivity index (χ2v) is 3.61. The van der Waals surface area contributed by atoms with E-state index in [2.05, 4.69) is 45.0 Å². The lowest BCUT2D eigenvalue weighted by atomic mass is 9.93. The average Bonchev–Trinajstić information content (AvgIpc) is 2.21. The Labute approximate surface area is 82.0 Å². The van der Waals surface area contributed by atoms with Gasteiger partial charge >= 0.3 is 0 Å². The van der Waals surface area contributed by atoms with Gasteiger partial charge in [-0.2, -0.15) is 0 Å². The minimum absolute atomic E-state index is 0.755. The fourth-order valence-electron chi connectivity index (χ4n) is 1.79. The standard InChI is InChI=1S/C13H20/c1-4-11-7-9-13(10-8-11)12(5-2)6-3/h7-10,12H,4-6H2,1-3H3. The molecule has 0 aliphatic heterocycles. The Kier molecular flexibility index (Phi) is 4.01. The predicted molar refractivity (Wildman–Crippen MR) is 59.1 cm³/mol. The number of hydrogen-bond donors (Lipinski definition) is 0. The van der Waals surface area contributed by atoms with Crippen LogP contribution in [0.5, 0.6) is 0 Å². The fraction of sp³-hybridized carbons (Fsp3) is 0.538. The minimum atomic E-state index is 0.755. The van der Waals surface area contributed by atoms with Crippen molar-refractivity contribution in [1.29, 1.82) is 0 Å². The number of benzene rings is 1. The van der Waals surface area contributed by atoms with Crippen molar-refractivity contribution in [3.8, 4) is 0 Å². The third-order valence-electron chi connectivity index (χ3n) is 2.84. The van der Waals surface area contributed by atoms with Crippen molar-refractivity contribution in [2.45, 2.75) is 46.0 Å². The summed E-state index contributed by atoms with van der Waals surface area (Å²) in [7, 11) is 0. The lowest BCUT2D eigenvalue weighted by Crippen LogP contribution is -1.95. The van der Waals surface area contributed by atoms with E-state index in [-0.39, 0.29) is 0 Å². The molecule has 0 aliphatic rings. The summed E-state index contributed by atoms with van der Waals surface area (Å²) in [4.78, 5) is 0. The van der Waals surface area contributed by atoms with Crippen LogP contribution in [0, 0.1) is 0 Å². The van der Waals surface area contributed by atoms with Gasteiger partial charge in [-0.05, 0) is 36.3 Å². The maximum absolute atomic E-state index is 2.29. The summed E-state index contributed by atoms with van der Waals surface area (Å²) < 4.78 is 0. The van der Waals surface area contributed by atoms with Crippen molar-refractivity contribution < 1.29 is 0 Å². The molecule has 0 unspecified atom stereocenters. The molecule has 1 rings (SSSR count). The predicted octanol–water partition coefficient (Wildman–Crippen LogP) is 4.15. The van der Waals surface area contributed by atoms with Crippen LogP contribution in [0.25, 0.3) is 0 Å². The Morgan fingerprint density at radius 3 is 1.85 bits per heavy atom. The Balaban J connectivity index is 2.78. The molecule has 0 nitrogen and oxygen atoms in total. The molecule has 0 amide bonds. The van der Waals surface area contributed by atoms with Gasteiger partial charge in [-0.1, -0.05) is 45.0 Å². The molecule has 0 saturated heterocycles. The van der Waals surface area contributed by atoms with Crippen molar-refractivity contribution in [3.63, 3.8) is 0 Å². The second kappa shape index (κ2) is 5.06. The molecule has 13 heavy (non-hydrogen) atoms. The molecule has 0 spiro atoms. The van der Waals surface area contributed by atoms with Gasteiger partial charge in [-0.25, -0.2) is 0 Å². The Bertz CT molecular complexity index is 229. The van der Waals surface area contributed by atoms with Crippen molar-refractivity contribution in [2.75, 3.05) is 0 Å². The molecule has 0 bridgehead atoms. The van der Waals surface area contributed by atoms with Crippen LogP contribution in [-0.2, 0) is 6.42 Å². The zero-order chi connectivity index (χ0) is 9.68. The molecule has 72 valence electrons. The third kappa shape index (κ3) is 2.58. The molecule has 0 aliphatic carbocycles. The van der Waals surface area contributed by atoms with E-state index in [0.717, 1.165) is 12.3 Å². The van der Waals surface area contributed by atoms with Crippen LogP contribution < -0.4 is 0 Å². The van der Waals surface area contributed by atoms with Crippen LogP contribution in [-0.4, -0.2) is 0 Å². The molecule has 0 saturated carbocycles. The third-order valence-corrected chi connectivity index (χ3v) is 2.84. The van der Waals surface area contributed by atoms with Crippen LogP contribution in [0.2, 0.25) is 0 Å². The molecule has 1 aromatic carbocycles. The van der Waals surface area contributed by atoms with Gasteiger partial charge in [0.1, 0.15) is 0 Å². The lowest BCUT2D eigenvalue weighted by Gasteiger charge is -2.12.